The lowest BCUT2D eigenvalue weighted by atomic mass is 9.92. The smallest absolute Gasteiger partial charge is 0.303 e. The molecule has 0 aliphatic carbocycles. The molecule has 1 aliphatic heterocycles. The Kier molecular flexibility index (Phi) is 2.13. The summed E-state index contributed by atoms with van der Waals surface area (Å²) in [5, 5.41) is 8.28. The van der Waals surface area contributed by atoms with Gasteiger partial charge in [-0.15, -0.1) is 0 Å². The number of carbonyl (C=O) groups is 1. The normalized spacial score (nSPS) is 22.7. The van der Waals surface area contributed by atoms with Crippen molar-refractivity contribution in [1.29, 1.82) is 0 Å². The van der Waals surface area contributed by atoms with Crippen LogP contribution in [0.3, 0.4) is 0 Å². The number of likely N-dealkylation sites (tertiary alicyclic amines) is 1. The fourth-order valence-electron chi connectivity index (χ4n) is 1.41. The molecule has 1 saturated heterocycles. The Morgan fingerprint density at radius 1 is 1.73 bits per heavy atom. The highest BCUT2D eigenvalue weighted by molar-refractivity contribution is 5.66. The van der Waals surface area contributed by atoms with Crippen LogP contribution in [-0.4, -0.2) is 41.8 Å². The van der Waals surface area contributed by atoms with Gasteiger partial charge in [-0.05, 0) is 13.5 Å². The van der Waals surface area contributed by atoms with E-state index in [1.54, 1.807) is 0 Å². The fourth-order valence-corrected chi connectivity index (χ4v) is 1.41. The number of nitrogens with zero attached hydrogens (tertiary/aromatic N) is 1. The van der Waals surface area contributed by atoms with Crippen molar-refractivity contribution in [3.63, 3.8) is 0 Å². The Labute approximate surface area is 64.8 Å². The van der Waals surface area contributed by atoms with E-state index >= 15 is 0 Å². The minimum absolute atomic E-state index is 0.0651. The topological polar surface area (TPSA) is 40.5 Å². The molecule has 1 rings (SSSR count). The number of aliphatic carboxylic acids is 1. The summed E-state index contributed by atoms with van der Waals surface area (Å²) in [5.74, 6) is -0.920. The highest BCUT2D eigenvalue weighted by Crippen LogP contribution is 2.28. The second kappa shape index (κ2) is 2.77. The Hall–Kier alpha value is -0.640. The van der Waals surface area contributed by atoms with E-state index in [2.05, 4.69) is 0 Å². The van der Waals surface area contributed by atoms with Gasteiger partial charge in [0.05, 0.1) is 0 Å². The molecule has 0 amide bonds. The van der Waals surface area contributed by atoms with E-state index in [-0.39, 0.29) is 12.8 Å². The molecule has 0 unspecified atom stereocenters. The standard InChI is InChI=1S/C7H12FNO2/c1-9-4-7(8,5-9)3-2-6(10)11/h2-5H2,1H3,(H,10,11). The van der Waals surface area contributed by atoms with E-state index in [1.165, 1.54) is 0 Å². The van der Waals surface area contributed by atoms with Crippen LogP contribution in [0.1, 0.15) is 12.8 Å². The molecular weight excluding hydrogens is 149 g/mol. The van der Waals surface area contributed by atoms with Crippen LogP contribution in [0.25, 0.3) is 0 Å². The quantitative estimate of drug-likeness (QED) is 0.655. The second-order valence-corrected chi connectivity index (χ2v) is 3.22. The van der Waals surface area contributed by atoms with Gasteiger partial charge in [-0.3, -0.25) is 9.69 Å². The average Bonchev–Trinajstić information content (AvgIpc) is 1.81. The molecule has 3 nitrogen and oxygen atoms in total. The summed E-state index contributed by atoms with van der Waals surface area (Å²) in [5.41, 5.74) is -1.23. The van der Waals surface area contributed by atoms with Crippen molar-refractivity contribution in [2.75, 3.05) is 20.1 Å². The summed E-state index contributed by atoms with van der Waals surface area (Å²) in [4.78, 5) is 11.9. The van der Waals surface area contributed by atoms with Gasteiger partial charge in [-0.2, -0.15) is 0 Å². The van der Waals surface area contributed by atoms with Gasteiger partial charge in [0.15, 0.2) is 0 Å². The molecule has 0 radical (unpaired) electrons. The monoisotopic (exact) mass is 161 g/mol. The van der Waals surface area contributed by atoms with Crippen molar-refractivity contribution in [1.82, 2.24) is 4.90 Å². The van der Waals surface area contributed by atoms with Gasteiger partial charge in [-0.1, -0.05) is 0 Å². The first-order chi connectivity index (χ1) is 5.02. The first-order valence-corrected chi connectivity index (χ1v) is 3.61. The molecule has 1 N–H and O–H groups in total. The number of carboxylic acids is 1. The zero-order valence-corrected chi connectivity index (χ0v) is 6.51. The van der Waals surface area contributed by atoms with Gasteiger partial charge in [0, 0.05) is 19.5 Å². The predicted molar refractivity (Wildman–Crippen MR) is 38.2 cm³/mol. The lowest BCUT2D eigenvalue weighted by molar-refractivity contribution is -0.138. The molecule has 0 saturated carbocycles. The molecule has 4 heteroatoms. The van der Waals surface area contributed by atoms with E-state index in [0.717, 1.165) is 0 Å². The van der Waals surface area contributed by atoms with E-state index in [0.29, 0.717) is 13.1 Å². The summed E-state index contributed by atoms with van der Waals surface area (Å²) in [6.07, 6.45) is 0.0804. The van der Waals surface area contributed by atoms with Crippen LogP contribution in [0.2, 0.25) is 0 Å². The first kappa shape index (κ1) is 8.46. The molecule has 1 aliphatic rings. The average molecular weight is 161 g/mol. The number of halogens is 1. The van der Waals surface area contributed by atoms with Crippen molar-refractivity contribution in [2.24, 2.45) is 0 Å². The number of carboxylic acid groups (broad SMARTS) is 1. The molecule has 64 valence electrons. The third-order valence-electron chi connectivity index (χ3n) is 1.89. The van der Waals surface area contributed by atoms with Crippen molar-refractivity contribution >= 4 is 5.97 Å². The van der Waals surface area contributed by atoms with Crippen LogP contribution in [0, 0.1) is 0 Å². The minimum Gasteiger partial charge on any atom is -0.481 e. The van der Waals surface area contributed by atoms with Crippen LogP contribution in [0.5, 0.6) is 0 Å². The van der Waals surface area contributed by atoms with Gasteiger partial charge in [0.1, 0.15) is 5.67 Å². The van der Waals surface area contributed by atoms with Crippen LogP contribution < -0.4 is 0 Å². The minimum atomic E-state index is -1.23. The molecule has 1 heterocycles. The van der Waals surface area contributed by atoms with Gasteiger partial charge >= 0.3 is 5.97 Å². The van der Waals surface area contributed by atoms with E-state index < -0.39 is 11.6 Å². The summed E-state index contributed by atoms with van der Waals surface area (Å²) in [7, 11) is 1.82. The number of alkyl halides is 1. The predicted octanol–water partition coefficient (Wildman–Crippen LogP) is 0.505. The van der Waals surface area contributed by atoms with Crippen LogP contribution in [0.4, 0.5) is 4.39 Å². The van der Waals surface area contributed by atoms with Crippen molar-refractivity contribution in [3.05, 3.63) is 0 Å². The fraction of sp³-hybridized carbons (Fsp3) is 0.857. The largest absolute Gasteiger partial charge is 0.481 e. The number of hydrogen-bond acceptors (Lipinski definition) is 2. The second-order valence-electron chi connectivity index (χ2n) is 3.22. The Morgan fingerprint density at radius 3 is 2.64 bits per heavy atom. The third kappa shape index (κ3) is 2.15. The zero-order chi connectivity index (χ0) is 8.48. The molecule has 1 fully saturated rings. The van der Waals surface area contributed by atoms with Crippen molar-refractivity contribution < 1.29 is 14.3 Å². The van der Waals surface area contributed by atoms with Crippen molar-refractivity contribution in [2.45, 2.75) is 18.5 Å². The van der Waals surface area contributed by atoms with Gasteiger partial charge < -0.3 is 5.11 Å². The molecule has 0 bridgehead atoms. The lowest BCUT2D eigenvalue weighted by Crippen LogP contribution is -2.56. The van der Waals surface area contributed by atoms with E-state index in [1.807, 2.05) is 11.9 Å². The van der Waals surface area contributed by atoms with Crippen LogP contribution in [0.15, 0.2) is 0 Å². The first-order valence-electron chi connectivity index (χ1n) is 3.61. The summed E-state index contributed by atoms with van der Waals surface area (Å²) >= 11 is 0. The van der Waals surface area contributed by atoms with Crippen molar-refractivity contribution in [3.8, 4) is 0 Å². The Morgan fingerprint density at radius 2 is 2.27 bits per heavy atom. The van der Waals surface area contributed by atoms with E-state index in [9.17, 15) is 9.18 Å². The SMILES string of the molecule is CN1CC(F)(CCC(=O)O)C1. The summed E-state index contributed by atoms with van der Waals surface area (Å²) < 4.78 is 13.2. The molecule has 0 aromatic carbocycles. The molecule has 0 atom stereocenters. The van der Waals surface area contributed by atoms with Crippen LogP contribution >= 0.6 is 0 Å². The summed E-state index contributed by atoms with van der Waals surface area (Å²) in [6, 6.07) is 0. The maximum Gasteiger partial charge on any atom is 0.303 e. The highest BCUT2D eigenvalue weighted by Gasteiger charge is 2.41. The molecule has 0 spiro atoms. The molecular formula is C7H12FNO2. The van der Waals surface area contributed by atoms with Gasteiger partial charge in [-0.25, -0.2) is 4.39 Å². The molecule has 0 aromatic heterocycles. The number of hydrogen-bond donors (Lipinski definition) is 1. The Balaban J connectivity index is 2.21. The lowest BCUT2D eigenvalue weighted by Gasteiger charge is -2.42. The maximum atomic E-state index is 13.2. The highest BCUT2D eigenvalue weighted by atomic mass is 19.1. The Bertz CT molecular complexity index is 166. The molecule has 11 heavy (non-hydrogen) atoms. The van der Waals surface area contributed by atoms with Gasteiger partial charge in [0.2, 0.25) is 0 Å². The van der Waals surface area contributed by atoms with Gasteiger partial charge in [0.25, 0.3) is 0 Å². The summed E-state index contributed by atoms with van der Waals surface area (Å²) in [6.45, 7) is 0.751. The number of rotatable bonds is 3. The molecule has 0 aromatic rings. The maximum absolute atomic E-state index is 13.2. The zero-order valence-electron chi connectivity index (χ0n) is 6.51. The van der Waals surface area contributed by atoms with Crippen LogP contribution in [-0.2, 0) is 4.79 Å². The van der Waals surface area contributed by atoms with E-state index in [4.69, 9.17) is 5.11 Å². The third-order valence-corrected chi connectivity index (χ3v) is 1.89.